The summed E-state index contributed by atoms with van der Waals surface area (Å²) in [5.41, 5.74) is 1.44. The molecule has 3 atom stereocenters. The van der Waals surface area contributed by atoms with Crippen molar-refractivity contribution in [1.29, 1.82) is 0 Å². The summed E-state index contributed by atoms with van der Waals surface area (Å²) in [7, 11) is 0. The molecule has 0 aromatic carbocycles. The third-order valence-electron chi connectivity index (χ3n) is 4.15. The van der Waals surface area contributed by atoms with Crippen LogP contribution < -0.4 is 0 Å². The van der Waals surface area contributed by atoms with Crippen LogP contribution in [0.1, 0.15) is 32.6 Å². The van der Waals surface area contributed by atoms with Crippen molar-refractivity contribution in [2.75, 3.05) is 0 Å². The molecule has 1 saturated heterocycles. The van der Waals surface area contributed by atoms with Gasteiger partial charge in [-0.1, -0.05) is 19.7 Å². The highest BCUT2D eigenvalue weighted by molar-refractivity contribution is 5.97. The summed E-state index contributed by atoms with van der Waals surface area (Å²) in [4.78, 5) is 35.2. The molecule has 0 N–H and O–H groups in total. The van der Waals surface area contributed by atoms with Crippen molar-refractivity contribution >= 4 is 17.7 Å². The van der Waals surface area contributed by atoms with Crippen LogP contribution >= 0.6 is 0 Å². The highest BCUT2D eigenvalue weighted by atomic mass is 16.6. The topological polar surface area (TPSA) is 69.7 Å². The van der Waals surface area contributed by atoms with Gasteiger partial charge < -0.3 is 9.47 Å². The van der Waals surface area contributed by atoms with Crippen molar-refractivity contribution < 1.29 is 23.9 Å². The normalized spacial score (nSPS) is 29.9. The van der Waals surface area contributed by atoms with Crippen molar-refractivity contribution in [3.05, 3.63) is 36.5 Å². The molecule has 2 fully saturated rings. The fraction of sp³-hybridized carbons (Fsp3) is 0.471. The lowest BCUT2D eigenvalue weighted by atomic mass is 9.83. The number of hydrogen-bond donors (Lipinski definition) is 0. The molecule has 1 saturated carbocycles. The monoisotopic (exact) mass is 304 g/mol. The van der Waals surface area contributed by atoms with Gasteiger partial charge in [0.15, 0.2) is 5.78 Å². The van der Waals surface area contributed by atoms with Crippen molar-refractivity contribution in [3.8, 4) is 0 Å². The number of hydrogen-bond acceptors (Lipinski definition) is 5. The van der Waals surface area contributed by atoms with Crippen LogP contribution in [0.4, 0.5) is 0 Å². The van der Waals surface area contributed by atoms with Gasteiger partial charge in [-0.25, -0.2) is 4.79 Å². The molecule has 1 aliphatic heterocycles. The number of carbonyl (C=O) groups is 3. The molecule has 0 aromatic rings. The number of rotatable bonds is 1. The van der Waals surface area contributed by atoms with E-state index in [2.05, 4.69) is 19.7 Å². The molecular weight excluding hydrogens is 284 g/mol. The summed E-state index contributed by atoms with van der Waals surface area (Å²) in [6.45, 7) is 12.8. The first-order chi connectivity index (χ1) is 10.3. The summed E-state index contributed by atoms with van der Waals surface area (Å²) in [5.74, 6) is -1.37. The van der Waals surface area contributed by atoms with Crippen LogP contribution in [0.2, 0.25) is 0 Å². The minimum absolute atomic E-state index is 0.108. The maximum atomic E-state index is 12.2. The second kappa shape index (κ2) is 6.30. The van der Waals surface area contributed by atoms with E-state index in [1.807, 2.05) is 0 Å². The number of allylic oxidation sites excluding steroid dienone is 1. The van der Waals surface area contributed by atoms with Gasteiger partial charge in [-0.15, -0.1) is 0 Å². The smallest absolute Gasteiger partial charge is 0.334 e. The van der Waals surface area contributed by atoms with Crippen molar-refractivity contribution in [1.82, 2.24) is 0 Å². The van der Waals surface area contributed by atoms with Crippen molar-refractivity contribution in [3.63, 3.8) is 0 Å². The van der Waals surface area contributed by atoms with E-state index in [0.29, 0.717) is 36.0 Å². The Hall–Kier alpha value is -2.17. The van der Waals surface area contributed by atoms with E-state index >= 15 is 0 Å². The predicted octanol–water partition coefficient (Wildman–Crippen LogP) is 2.27. The lowest BCUT2D eigenvalue weighted by Gasteiger charge is -2.25. The molecule has 1 heterocycles. The molecule has 0 bridgehead atoms. The summed E-state index contributed by atoms with van der Waals surface area (Å²) in [6, 6.07) is 0. The molecule has 5 nitrogen and oxygen atoms in total. The third-order valence-corrected chi connectivity index (χ3v) is 4.15. The lowest BCUT2D eigenvalue weighted by molar-refractivity contribution is -0.146. The largest absolute Gasteiger partial charge is 0.458 e. The van der Waals surface area contributed by atoms with Gasteiger partial charge in [-0.05, 0) is 24.0 Å². The fourth-order valence-electron chi connectivity index (χ4n) is 2.84. The Morgan fingerprint density at radius 3 is 2.55 bits per heavy atom. The maximum Gasteiger partial charge on any atom is 0.334 e. The zero-order valence-corrected chi connectivity index (χ0v) is 12.7. The van der Waals surface area contributed by atoms with E-state index in [-0.39, 0.29) is 18.1 Å². The van der Waals surface area contributed by atoms with E-state index < -0.39 is 24.1 Å². The van der Waals surface area contributed by atoms with Gasteiger partial charge in [0, 0.05) is 31.3 Å². The SMILES string of the molecule is C=C1CCC(OC(C)=O)C(=C)CC2OC(=O)C(=C)C2CC1=O. The van der Waals surface area contributed by atoms with Gasteiger partial charge in [0.05, 0.1) is 0 Å². The Morgan fingerprint density at radius 2 is 1.91 bits per heavy atom. The van der Waals surface area contributed by atoms with Crippen molar-refractivity contribution in [2.24, 2.45) is 5.92 Å². The van der Waals surface area contributed by atoms with Crippen LogP contribution in [-0.2, 0) is 23.9 Å². The van der Waals surface area contributed by atoms with Gasteiger partial charge in [0.2, 0.25) is 0 Å². The highest BCUT2D eigenvalue weighted by Crippen LogP contribution is 2.36. The van der Waals surface area contributed by atoms with E-state index in [9.17, 15) is 14.4 Å². The van der Waals surface area contributed by atoms with Crippen LogP contribution in [0, 0.1) is 5.92 Å². The second-order valence-corrected chi connectivity index (χ2v) is 5.81. The Morgan fingerprint density at radius 1 is 1.23 bits per heavy atom. The molecule has 1 aliphatic carbocycles. The summed E-state index contributed by atoms with van der Waals surface area (Å²) < 4.78 is 10.6. The number of Topliss-reactive ketones (excluding diaryl/α,β-unsaturated/α-hetero) is 1. The van der Waals surface area contributed by atoms with Crippen LogP contribution in [0.3, 0.4) is 0 Å². The molecule has 5 heteroatoms. The lowest BCUT2D eigenvalue weighted by Crippen LogP contribution is -2.28. The van der Waals surface area contributed by atoms with Crippen LogP contribution in [0.15, 0.2) is 36.5 Å². The molecule has 118 valence electrons. The number of ketones is 1. The van der Waals surface area contributed by atoms with Gasteiger partial charge >= 0.3 is 11.9 Å². The zero-order chi connectivity index (χ0) is 16.4. The first-order valence-corrected chi connectivity index (χ1v) is 7.25. The van der Waals surface area contributed by atoms with Gasteiger partial charge in [-0.2, -0.15) is 0 Å². The van der Waals surface area contributed by atoms with E-state index in [1.165, 1.54) is 6.92 Å². The first kappa shape index (κ1) is 16.2. The Bertz CT molecular complexity index is 572. The molecule has 0 spiro atoms. The Balaban J connectivity index is 2.26. The predicted molar refractivity (Wildman–Crippen MR) is 79.8 cm³/mol. The average molecular weight is 304 g/mol. The fourth-order valence-corrected chi connectivity index (χ4v) is 2.84. The van der Waals surface area contributed by atoms with E-state index in [4.69, 9.17) is 9.47 Å². The second-order valence-electron chi connectivity index (χ2n) is 5.81. The molecule has 0 amide bonds. The van der Waals surface area contributed by atoms with Gasteiger partial charge in [0.25, 0.3) is 0 Å². The number of carbonyl (C=O) groups excluding carboxylic acids is 3. The molecule has 2 aliphatic rings. The summed E-state index contributed by atoms with van der Waals surface area (Å²) >= 11 is 0. The van der Waals surface area contributed by atoms with E-state index in [1.54, 1.807) is 0 Å². The summed E-state index contributed by atoms with van der Waals surface area (Å²) in [5, 5.41) is 0. The van der Waals surface area contributed by atoms with Crippen LogP contribution in [0.5, 0.6) is 0 Å². The third kappa shape index (κ3) is 3.35. The molecule has 2 rings (SSSR count). The van der Waals surface area contributed by atoms with Crippen molar-refractivity contribution in [2.45, 2.75) is 44.8 Å². The number of ether oxygens (including phenoxy) is 2. The van der Waals surface area contributed by atoms with Gasteiger partial charge in [0.1, 0.15) is 12.2 Å². The number of esters is 2. The standard InChI is InChI=1S/C17H20O5/c1-9-5-6-15(21-12(4)18)10(2)7-16-13(8-14(9)19)11(3)17(20)22-16/h13,15-16H,1-3,5-8H2,4H3. The average Bonchev–Trinajstić information content (AvgIpc) is 2.69. The molecule has 0 radical (unpaired) electrons. The van der Waals surface area contributed by atoms with E-state index in [0.717, 1.165) is 0 Å². The van der Waals surface area contributed by atoms with Gasteiger partial charge in [-0.3, -0.25) is 9.59 Å². The quantitative estimate of drug-likeness (QED) is 0.422. The molecular formula is C17H20O5. The van der Waals surface area contributed by atoms with Crippen LogP contribution in [-0.4, -0.2) is 29.9 Å². The highest BCUT2D eigenvalue weighted by Gasteiger charge is 2.41. The van der Waals surface area contributed by atoms with Crippen LogP contribution in [0.25, 0.3) is 0 Å². The maximum absolute atomic E-state index is 12.2. The Labute approximate surface area is 129 Å². The molecule has 3 unspecified atom stereocenters. The first-order valence-electron chi connectivity index (χ1n) is 7.25. The summed E-state index contributed by atoms with van der Waals surface area (Å²) in [6.07, 6.45) is 0.407. The zero-order valence-electron chi connectivity index (χ0n) is 12.7. The minimum Gasteiger partial charge on any atom is -0.458 e. The Kier molecular flexibility index (Phi) is 4.64. The minimum atomic E-state index is -0.506. The molecule has 22 heavy (non-hydrogen) atoms. The number of fused-ring (bicyclic) bond motifs is 1. The molecule has 0 aromatic heterocycles.